The molecule has 3 nitrogen and oxygen atoms in total. The van der Waals surface area contributed by atoms with Crippen LogP contribution in [-0.4, -0.2) is 35.6 Å². The highest BCUT2D eigenvalue weighted by Gasteiger charge is 2.21. The number of amides is 1. The number of aliphatic hydroxyl groups excluding tert-OH is 1. The molecule has 0 radical (unpaired) electrons. The average Bonchev–Trinajstić information content (AvgIpc) is 2.47. The van der Waals surface area contributed by atoms with Crippen LogP contribution in [-0.2, 0) is 4.79 Å². The first-order valence-corrected chi connectivity index (χ1v) is 7.32. The van der Waals surface area contributed by atoms with E-state index in [1.54, 1.807) is 6.08 Å². The third-order valence-electron chi connectivity index (χ3n) is 3.82. The number of rotatable bonds is 3. The molecule has 108 valence electrons. The van der Waals surface area contributed by atoms with E-state index >= 15 is 0 Å². The summed E-state index contributed by atoms with van der Waals surface area (Å²) >= 11 is 6.13. The van der Waals surface area contributed by atoms with Gasteiger partial charge in [-0.15, -0.1) is 0 Å². The van der Waals surface area contributed by atoms with Crippen LogP contribution in [0.2, 0.25) is 5.02 Å². The van der Waals surface area contributed by atoms with Crippen LogP contribution < -0.4 is 0 Å². The van der Waals surface area contributed by atoms with Crippen LogP contribution in [0.1, 0.15) is 25.3 Å². The highest BCUT2D eigenvalue weighted by atomic mass is 35.5. The predicted octanol–water partition coefficient (Wildman–Crippen LogP) is 2.97. The largest absolute Gasteiger partial charge is 0.396 e. The zero-order valence-electron chi connectivity index (χ0n) is 11.7. The summed E-state index contributed by atoms with van der Waals surface area (Å²) < 4.78 is 0. The molecule has 1 amide bonds. The third-order valence-corrected chi connectivity index (χ3v) is 4.15. The summed E-state index contributed by atoms with van der Waals surface area (Å²) in [5.41, 5.74) is 1.78. The minimum Gasteiger partial charge on any atom is -0.396 e. The summed E-state index contributed by atoms with van der Waals surface area (Å²) in [7, 11) is 0. The Balaban J connectivity index is 2.04. The minimum absolute atomic E-state index is 0.0267. The number of carbonyl (C=O) groups excluding carboxylic acids is 1. The third kappa shape index (κ3) is 3.62. The lowest BCUT2D eigenvalue weighted by atomic mass is 9.97. The van der Waals surface area contributed by atoms with Gasteiger partial charge < -0.3 is 10.0 Å². The van der Waals surface area contributed by atoms with Crippen molar-refractivity contribution < 1.29 is 9.90 Å². The van der Waals surface area contributed by atoms with Gasteiger partial charge >= 0.3 is 0 Å². The second kappa shape index (κ2) is 6.91. The van der Waals surface area contributed by atoms with E-state index in [9.17, 15) is 4.79 Å². The van der Waals surface area contributed by atoms with E-state index in [1.807, 2.05) is 36.1 Å². The maximum absolute atomic E-state index is 12.2. The summed E-state index contributed by atoms with van der Waals surface area (Å²) in [6, 6.07) is 7.53. The molecule has 0 bridgehead atoms. The molecule has 0 spiro atoms. The molecule has 1 aliphatic rings. The van der Waals surface area contributed by atoms with E-state index in [-0.39, 0.29) is 12.5 Å². The van der Waals surface area contributed by atoms with E-state index in [4.69, 9.17) is 16.7 Å². The number of likely N-dealkylation sites (tertiary alicyclic amines) is 1. The molecule has 0 aliphatic carbocycles. The van der Waals surface area contributed by atoms with E-state index in [2.05, 4.69) is 0 Å². The van der Waals surface area contributed by atoms with Crippen molar-refractivity contribution in [3.05, 3.63) is 40.9 Å². The standard InChI is InChI=1S/C16H20ClNO2/c1-12(14-4-2-3-5-15(14)17)10-16(20)18-8-6-13(11-19)7-9-18/h2-5,10,13,19H,6-9,11H2,1H3/b12-10-. The van der Waals surface area contributed by atoms with Gasteiger partial charge in [0.25, 0.3) is 0 Å². The lowest BCUT2D eigenvalue weighted by molar-refractivity contribution is -0.127. The molecule has 2 rings (SSSR count). The van der Waals surface area contributed by atoms with Gasteiger partial charge in [0, 0.05) is 30.8 Å². The Bertz CT molecular complexity index is 505. The summed E-state index contributed by atoms with van der Waals surface area (Å²) in [5.74, 6) is 0.367. The van der Waals surface area contributed by atoms with Crippen molar-refractivity contribution in [2.24, 2.45) is 5.92 Å². The van der Waals surface area contributed by atoms with Crippen molar-refractivity contribution in [3.8, 4) is 0 Å². The molecular weight excluding hydrogens is 274 g/mol. The number of carbonyl (C=O) groups is 1. The van der Waals surface area contributed by atoms with Crippen molar-refractivity contribution >= 4 is 23.1 Å². The fraction of sp³-hybridized carbons (Fsp3) is 0.438. The van der Waals surface area contributed by atoms with E-state index in [0.29, 0.717) is 10.9 Å². The summed E-state index contributed by atoms with van der Waals surface area (Å²) in [6.07, 6.45) is 3.41. The quantitative estimate of drug-likeness (QED) is 0.871. The second-order valence-electron chi connectivity index (χ2n) is 5.26. The van der Waals surface area contributed by atoms with E-state index in [1.165, 1.54) is 0 Å². The fourth-order valence-corrected chi connectivity index (χ4v) is 2.76. The van der Waals surface area contributed by atoms with Crippen molar-refractivity contribution in [1.82, 2.24) is 4.90 Å². The van der Waals surface area contributed by atoms with Crippen LogP contribution in [0.25, 0.3) is 5.57 Å². The lowest BCUT2D eigenvalue weighted by Gasteiger charge is -2.30. The van der Waals surface area contributed by atoms with Gasteiger partial charge in [-0.05, 0) is 42.9 Å². The molecule has 0 saturated carbocycles. The van der Waals surface area contributed by atoms with Crippen LogP contribution in [0.5, 0.6) is 0 Å². The molecule has 0 atom stereocenters. The molecule has 0 aromatic heterocycles. The SMILES string of the molecule is C/C(=C/C(=O)N1CCC(CO)CC1)c1ccccc1Cl. The number of piperidine rings is 1. The molecule has 1 heterocycles. The first kappa shape index (κ1) is 15.1. The van der Waals surface area contributed by atoms with Gasteiger partial charge in [-0.3, -0.25) is 4.79 Å². The predicted molar refractivity (Wildman–Crippen MR) is 81.5 cm³/mol. The van der Waals surface area contributed by atoms with Gasteiger partial charge in [0.2, 0.25) is 5.91 Å². The van der Waals surface area contributed by atoms with Gasteiger partial charge in [-0.2, -0.15) is 0 Å². The van der Waals surface area contributed by atoms with Gasteiger partial charge in [-0.1, -0.05) is 29.8 Å². The molecular formula is C16H20ClNO2. The Morgan fingerprint density at radius 3 is 2.65 bits per heavy atom. The number of hydrogen-bond donors (Lipinski definition) is 1. The van der Waals surface area contributed by atoms with Gasteiger partial charge in [0.15, 0.2) is 0 Å². The molecule has 1 N–H and O–H groups in total. The van der Waals surface area contributed by atoms with Crippen LogP contribution in [0, 0.1) is 5.92 Å². The fourth-order valence-electron chi connectivity index (χ4n) is 2.47. The molecule has 1 aromatic rings. The number of allylic oxidation sites excluding steroid dienone is 1. The van der Waals surface area contributed by atoms with Crippen molar-refractivity contribution in [3.63, 3.8) is 0 Å². The average molecular weight is 294 g/mol. The number of aliphatic hydroxyl groups is 1. The zero-order valence-corrected chi connectivity index (χ0v) is 12.4. The maximum atomic E-state index is 12.2. The Morgan fingerprint density at radius 1 is 1.40 bits per heavy atom. The van der Waals surface area contributed by atoms with Crippen molar-refractivity contribution in [1.29, 1.82) is 0 Å². The molecule has 1 aromatic carbocycles. The normalized spacial score (nSPS) is 17.4. The monoisotopic (exact) mass is 293 g/mol. The Kier molecular flexibility index (Phi) is 5.21. The number of benzene rings is 1. The highest BCUT2D eigenvalue weighted by Crippen LogP contribution is 2.24. The molecule has 0 unspecified atom stereocenters. The minimum atomic E-state index is 0.0267. The molecule has 20 heavy (non-hydrogen) atoms. The van der Waals surface area contributed by atoms with Crippen LogP contribution in [0.4, 0.5) is 0 Å². The van der Waals surface area contributed by atoms with Crippen molar-refractivity contribution in [2.45, 2.75) is 19.8 Å². The van der Waals surface area contributed by atoms with Gasteiger partial charge in [0.1, 0.15) is 0 Å². The van der Waals surface area contributed by atoms with Crippen LogP contribution >= 0.6 is 11.6 Å². The van der Waals surface area contributed by atoms with E-state index < -0.39 is 0 Å². The second-order valence-corrected chi connectivity index (χ2v) is 5.67. The van der Waals surface area contributed by atoms with E-state index in [0.717, 1.165) is 37.1 Å². The lowest BCUT2D eigenvalue weighted by Crippen LogP contribution is -2.38. The maximum Gasteiger partial charge on any atom is 0.246 e. The Labute approximate surface area is 124 Å². The molecule has 1 aliphatic heterocycles. The van der Waals surface area contributed by atoms with Gasteiger partial charge in [0.05, 0.1) is 0 Å². The first-order chi connectivity index (χ1) is 9.61. The zero-order chi connectivity index (χ0) is 14.5. The Morgan fingerprint density at radius 2 is 2.05 bits per heavy atom. The number of halogens is 1. The molecule has 4 heteroatoms. The van der Waals surface area contributed by atoms with Crippen molar-refractivity contribution in [2.75, 3.05) is 19.7 Å². The smallest absolute Gasteiger partial charge is 0.246 e. The molecule has 1 saturated heterocycles. The summed E-state index contributed by atoms with van der Waals surface area (Å²) in [4.78, 5) is 14.1. The van der Waals surface area contributed by atoms with Crippen LogP contribution in [0.3, 0.4) is 0 Å². The Hall–Kier alpha value is -1.32. The highest BCUT2D eigenvalue weighted by molar-refractivity contribution is 6.32. The number of nitrogens with zero attached hydrogens (tertiary/aromatic N) is 1. The van der Waals surface area contributed by atoms with Gasteiger partial charge in [-0.25, -0.2) is 0 Å². The molecule has 1 fully saturated rings. The first-order valence-electron chi connectivity index (χ1n) is 6.94. The van der Waals surface area contributed by atoms with Crippen LogP contribution in [0.15, 0.2) is 30.3 Å². The summed E-state index contributed by atoms with van der Waals surface area (Å²) in [5, 5.41) is 9.77. The topological polar surface area (TPSA) is 40.5 Å². The number of hydrogen-bond acceptors (Lipinski definition) is 2. The summed E-state index contributed by atoms with van der Waals surface area (Å²) in [6.45, 7) is 3.56.